The quantitative estimate of drug-likeness (QED) is 0.668. The fourth-order valence-corrected chi connectivity index (χ4v) is 3.22. The van der Waals surface area contributed by atoms with E-state index in [1.165, 1.54) is 0 Å². The van der Waals surface area contributed by atoms with E-state index in [0.717, 1.165) is 61.3 Å². The molecule has 0 N–H and O–H groups in total. The second-order valence-corrected chi connectivity index (χ2v) is 6.24. The molecule has 136 valence electrons. The van der Waals surface area contributed by atoms with Crippen LogP contribution in [-0.2, 0) is 11.3 Å². The number of hydrogen-bond acceptors (Lipinski definition) is 8. The highest BCUT2D eigenvalue weighted by molar-refractivity contribution is 5.83. The normalized spacial score (nSPS) is 15.0. The molecule has 1 aliphatic heterocycles. The van der Waals surface area contributed by atoms with Gasteiger partial charge in [-0.15, -0.1) is 0 Å². The van der Waals surface area contributed by atoms with E-state index in [0.29, 0.717) is 6.61 Å². The average Bonchev–Trinajstić information content (AvgIpc) is 3.10. The van der Waals surface area contributed by atoms with Gasteiger partial charge < -0.3 is 19.1 Å². The van der Waals surface area contributed by atoms with Crippen molar-refractivity contribution >= 4 is 22.8 Å². The molecule has 3 aromatic heterocycles. The molecule has 1 fully saturated rings. The number of fused-ring (bicyclic) bond motifs is 1. The molecule has 0 amide bonds. The van der Waals surface area contributed by atoms with Gasteiger partial charge in [-0.25, -0.2) is 24.9 Å². The number of piperazine rings is 1. The lowest BCUT2D eigenvalue weighted by Gasteiger charge is -2.36. The van der Waals surface area contributed by atoms with Gasteiger partial charge in [0.2, 0.25) is 0 Å². The summed E-state index contributed by atoms with van der Waals surface area (Å²) >= 11 is 0. The molecule has 26 heavy (non-hydrogen) atoms. The van der Waals surface area contributed by atoms with Crippen LogP contribution in [0.4, 0.5) is 11.6 Å². The van der Waals surface area contributed by atoms with Crippen LogP contribution in [0.15, 0.2) is 24.9 Å². The van der Waals surface area contributed by atoms with Crippen LogP contribution in [-0.4, -0.2) is 69.4 Å². The van der Waals surface area contributed by atoms with Gasteiger partial charge in [0.05, 0.1) is 12.9 Å². The van der Waals surface area contributed by atoms with Gasteiger partial charge in [0.25, 0.3) is 0 Å². The molecule has 0 bridgehead atoms. The molecular formula is C17H22N8O. The molecule has 0 spiro atoms. The molecule has 1 saturated heterocycles. The Balaban J connectivity index is 1.51. The van der Waals surface area contributed by atoms with Crippen molar-refractivity contribution in [1.29, 1.82) is 0 Å². The summed E-state index contributed by atoms with van der Waals surface area (Å²) in [5.41, 5.74) is 1.69. The fraction of sp³-hybridized carbons (Fsp3) is 0.471. The summed E-state index contributed by atoms with van der Waals surface area (Å²) in [5.74, 6) is 2.67. The van der Waals surface area contributed by atoms with Crippen molar-refractivity contribution in [2.24, 2.45) is 0 Å². The summed E-state index contributed by atoms with van der Waals surface area (Å²) < 4.78 is 7.16. The summed E-state index contributed by atoms with van der Waals surface area (Å²) in [6.07, 6.45) is 5.23. The zero-order valence-electron chi connectivity index (χ0n) is 15.0. The minimum atomic E-state index is 0.627. The van der Waals surface area contributed by atoms with Crippen molar-refractivity contribution in [1.82, 2.24) is 29.5 Å². The number of anilines is 2. The van der Waals surface area contributed by atoms with Crippen LogP contribution in [0.2, 0.25) is 0 Å². The largest absolute Gasteiger partial charge is 0.383 e. The maximum absolute atomic E-state index is 5.15. The molecule has 4 rings (SSSR count). The smallest absolute Gasteiger partial charge is 0.165 e. The molecule has 3 aromatic rings. The van der Waals surface area contributed by atoms with Crippen molar-refractivity contribution < 1.29 is 4.74 Å². The molecule has 1 aliphatic rings. The lowest BCUT2D eigenvalue weighted by Crippen LogP contribution is -2.47. The zero-order valence-corrected chi connectivity index (χ0v) is 15.0. The third-order valence-electron chi connectivity index (χ3n) is 4.58. The van der Waals surface area contributed by atoms with Crippen LogP contribution in [0, 0.1) is 6.92 Å². The molecule has 0 aromatic carbocycles. The van der Waals surface area contributed by atoms with Crippen molar-refractivity contribution in [3.63, 3.8) is 0 Å². The van der Waals surface area contributed by atoms with Gasteiger partial charge in [0.15, 0.2) is 17.0 Å². The first kappa shape index (κ1) is 16.6. The number of imidazole rings is 1. The molecule has 0 saturated carbocycles. The van der Waals surface area contributed by atoms with E-state index in [1.807, 2.05) is 30.1 Å². The Labute approximate surface area is 151 Å². The third-order valence-corrected chi connectivity index (χ3v) is 4.58. The molecular weight excluding hydrogens is 332 g/mol. The Kier molecular flexibility index (Phi) is 4.61. The predicted octanol–water partition coefficient (Wildman–Crippen LogP) is 0.898. The number of rotatable bonds is 5. The van der Waals surface area contributed by atoms with E-state index in [4.69, 9.17) is 4.74 Å². The predicted molar refractivity (Wildman–Crippen MR) is 98.4 cm³/mol. The van der Waals surface area contributed by atoms with E-state index in [-0.39, 0.29) is 0 Å². The van der Waals surface area contributed by atoms with Crippen LogP contribution in [0.1, 0.15) is 5.82 Å². The van der Waals surface area contributed by atoms with Crippen LogP contribution < -0.4 is 9.80 Å². The van der Waals surface area contributed by atoms with Crippen molar-refractivity contribution in [2.45, 2.75) is 13.5 Å². The number of aryl methyl sites for hydroxylation is 1. The monoisotopic (exact) mass is 354 g/mol. The van der Waals surface area contributed by atoms with Gasteiger partial charge >= 0.3 is 0 Å². The van der Waals surface area contributed by atoms with Gasteiger partial charge in [0.1, 0.15) is 18.0 Å². The Hall–Kier alpha value is -2.81. The first-order chi connectivity index (χ1) is 12.8. The lowest BCUT2D eigenvalue weighted by atomic mass is 10.3. The summed E-state index contributed by atoms with van der Waals surface area (Å²) in [7, 11) is 1.69. The maximum atomic E-state index is 5.15. The fourth-order valence-electron chi connectivity index (χ4n) is 3.22. The van der Waals surface area contributed by atoms with Gasteiger partial charge in [-0.3, -0.25) is 0 Å². The number of hydrogen-bond donors (Lipinski definition) is 0. The highest BCUT2D eigenvalue weighted by Crippen LogP contribution is 2.23. The number of aromatic nitrogens is 6. The zero-order chi connectivity index (χ0) is 17.9. The lowest BCUT2D eigenvalue weighted by molar-refractivity contribution is 0.188. The van der Waals surface area contributed by atoms with Gasteiger partial charge in [-0.05, 0) is 13.0 Å². The number of ether oxygens (including phenoxy) is 1. The standard InChI is InChI=1S/C17H22N8O/c1-13-18-4-3-14(22-13)23-5-7-24(8-6-23)16-15-17(20-11-19-16)25(12-21-15)9-10-26-2/h3-4,11-12H,5-10H2,1-2H3. The van der Waals surface area contributed by atoms with E-state index in [2.05, 4.69) is 34.7 Å². The van der Waals surface area contributed by atoms with Crippen LogP contribution in [0.25, 0.3) is 11.2 Å². The Morgan fingerprint density at radius 1 is 1.04 bits per heavy atom. The molecule has 9 nitrogen and oxygen atoms in total. The average molecular weight is 354 g/mol. The van der Waals surface area contributed by atoms with Gasteiger partial charge in [-0.2, -0.15) is 0 Å². The van der Waals surface area contributed by atoms with Gasteiger partial charge in [0, 0.05) is 46.0 Å². The van der Waals surface area contributed by atoms with Crippen molar-refractivity contribution in [3.8, 4) is 0 Å². The summed E-state index contributed by atoms with van der Waals surface area (Å²) in [6.45, 7) is 6.75. The summed E-state index contributed by atoms with van der Waals surface area (Å²) in [5, 5.41) is 0. The molecule has 9 heteroatoms. The number of nitrogens with zero attached hydrogens (tertiary/aromatic N) is 8. The maximum Gasteiger partial charge on any atom is 0.165 e. The van der Waals surface area contributed by atoms with Crippen LogP contribution in [0.5, 0.6) is 0 Å². The van der Waals surface area contributed by atoms with Crippen molar-refractivity contribution in [3.05, 3.63) is 30.7 Å². The van der Waals surface area contributed by atoms with Crippen LogP contribution >= 0.6 is 0 Å². The Morgan fingerprint density at radius 2 is 1.85 bits per heavy atom. The molecule has 0 aliphatic carbocycles. The Morgan fingerprint density at radius 3 is 2.62 bits per heavy atom. The van der Waals surface area contributed by atoms with E-state index >= 15 is 0 Å². The van der Waals surface area contributed by atoms with Crippen molar-refractivity contribution in [2.75, 3.05) is 49.7 Å². The second kappa shape index (κ2) is 7.20. The molecule has 0 unspecified atom stereocenters. The first-order valence-corrected chi connectivity index (χ1v) is 8.70. The molecule has 0 radical (unpaired) electrons. The minimum absolute atomic E-state index is 0.627. The van der Waals surface area contributed by atoms with Gasteiger partial charge in [-0.1, -0.05) is 0 Å². The van der Waals surface area contributed by atoms with E-state index in [1.54, 1.807) is 13.4 Å². The SMILES string of the molecule is COCCn1cnc2c(N3CCN(c4ccnc(C)n4)CC3)ncnc21. The highest BCUT2D eigenvalue weighted by atomic mass is 16.5. The minimum Gasteiger partial charge on any atom is -0.383 e. The third kappa shape index (κ3) is 3.17. The number of methoxy groups -OCH3 is 1. The van der Waals surface area contributed by atoms with E-state index < -0.39 is 0 Å². The molecule has 0 atom stereocenters. The highest BCUT2D eigenvalue weighted by Gasteiger charge is 2.22. The van der Waals surface area contributed by atoms with Crippen LogP contribution in [0.3, 0.4) is 0 Å². The summed E-state index contributed by atoms with van der Waals surface area (Å²) in [6, 6.07) is 1.96. The van der Waals surface area contributed by atoms with E-state index in [9.17, 15) is 0 Å². The Bertz CT molecular complexity index is 887. The summed E-state index contributed by atoms with van der Waals surface area (Å²) in [4.78, 5) is 26.7. The molecule has 4 heterocycles. The topological polar surface area (TPSA) is 85.1 Å². The second-order valence-electron chi connectivity index (χ2n) is 6.24. The first-order valence-electron chi connectivity index (χ1n) is 8.70.